The van der Waals surface area contributed by atoms with Crippen LogP contribution in [0, 0.1) is 0 Å². The number of hydrogen-bond donors (Lipinski definition) is 2. The number of likely N-dealkylation sites (tertiary alicyclic amines) is 1. The Labute approximate surface area is 156 Å². The third-order valence-corrected chi connectivity index (χ3v) is 5.55. The predicted molar refractivity (Wildman–Crippen MR) is 109 cm³/mol. The maximum atomic E-state index is 11.3. The average Bonchev–Trinajstić information content (AvgIpc) is 3.26. The summed E-state index contributed by atoms with van der Waals surface area (Å²) in [7, 11) is -3.06. The van der Waals surface area contributed by atoms with E-state index in [-0.39, 0.29) is 2.85 Å². The van der Waals surface area contributed by atoms with Crippen molar-refractivity contribution in [3.05, 3.63) is 54.2 Å². The smallest absolute Gasteiger partial charge is 0.175 e. The van der Waals surface area contributed by atoms with Gasteiger partial charge in [-0.3, -0.25) is 10.00 Å². The van der Waals surface area contributed by atoms with Gasteiger partial charge in [0.25, 0.3) is 0 Å². The number of nitrogens with one attached hydrogen (secondary N) is 1. The topological polar surface area (TPSA) is 92.1 Å². The first kappa shape index (κ1) is 18.4. The SMILES string of the molecule is CS(=O)(=O)c1ccc(CN2CCCC2)cc1.Nc1ccc2[nH]ncc2c1.[HH].[HH]. The van der Waals surface area contributed by atoms with Crippen molar-refractivity contribution >= 4 is 26.4 Å². The quantitative estimate of drug-likeness (QED) is 0.684. The van der Waals surface area contributed by atoms with Crippen LogP contribution in [0.15, 0.2) is 53.6 Å². The molecule has 1 saturated heterocycles. The summed E-state index contributed by atoms with van der Waals surface area (Å²) in [5.41, 5.74) is 8.53. The highest BCUT2D eigenvalue weighted by molar-refractivity contribution is 7.90. The highest BCUT2D eigenvalue weighted by atomic mass is 32.2. The van der Waals surface area contributed by atoms with Crippen molar-refractivity contribution in [1.82, 2.24) is 15.1 Å². The number of hydrogen-bond acceptors (Lipinski definition) is 5. The van der Waals surface area contributed by atoms with Crippen molar-refractivity contribution in [2.75, 3.05) is 25.1 Å². The number of fused-ring (bicyclic) bond motifs is 1. The lowest BCUT2D eigenvalue weighted by atomic mass is 10.2. The zero-order chi connectivity index (χ0) is 18.6. The van der Waals surface area contributed by atoms with Crippen LogP contribution in [0.3, 0.4) is 0 Å². The second kappa shape index (κ2) is 7.88. The molecule has 0 saturated carbocycles. The molecule has 0 atom stereocenters. The van der Waals surface area contributed by atoms with Crippen LogP contribution in [0.1, 0.15) is 21.3 Å². The van der Waals surface area contributed by atoms with Crippen LogP contribution in [-0.2, 0) is 16.4 Å². The van der Waals surface area contributed by atoms with Crippen LogP contribution in [0.2, 0.25) is 0 Å². The molecule has 0 aliphatic carbocycles. The van der Waals surface area contributed by atoms with E-state index in [2.05, 4.69) is 15.1 Å². The van der Waals surface area contributed by atoms with Gasteiger partial charge in [0.1, 0.15) is 0 Å². The predicted octanol–water partition coefficient (Wildman–Crippen LogP) is 3.32. The summed E-state index contributed by atoms with van der Waals surface area (Å²) in [6.07, 6.45) is 5.55. The van der Waals surface area contributed by atoms with Gasteiger partial charge in [-0.2, -0.15) is 5.10 Å². The van der Waals surface area contributed by atoms with Gasteiger partial charge in [0.15, 0.2) is 9.84 Å². The molecule has 6 nitrogen and oxygen atoms in total. The highest BCUT2D eigenvalue weighted by Gasteiger charge is 2.12. The Morgan fingerprint density at radius 2 is 1.85 bits per heavy atom. The standard InChI is InChI=1S/C12H17NO2S.C7H7N3.2H2/c1-16(14,15)12-6-4-11(5-7-12)10-13-8-2-3-9-13;8-6-1-2-7-5(3-6)4-9-10-7;;/h4-7H,2-3,8-10H2,1H3;1-4H,8H2,(H,9,10);2*1H. The Kier molecular flexibility index (Phi) is 5.58. The van der Waals surface area contributed by atoms with E-state index in [1.165, 1.54) is 24.7 Å². The van der Waals surface area contributed by atoms with E-state index in [0.29, 0.717) is 4.90 Å². The molecule has 1 aliphatic rings. The maximum Gasteiger partial charge on any atom is 0.175 e. The van der Waals surface area contributed by atoms with Gasteiger partial charge in [0.05, 0.1) is 16.6 Å². The first-order valence-electron chi connectivity index (χ1n) is 8.62. The Morgan fingerprint density at radius 3 is 2.50 bits per heavy atom. The molecule has 2 aromatic carbocycles. The van der Waals surface area contributed by atoms with Gasteiger partial charge >= 0.3 is 0 Å². The van der Waals surface area contributed by atoms with E-state index in [9.17, 15) is 8.42 Å². The molecule has 1 fully saturated rings. The van der Waals surface area contributed by atoms with E-state index < -0.39 is 9.84 Å². The van der Waals surface area contributed by atoms with Crippen molar-refractivity contribution in [1.29, 1.82) is 0 Å². The van der Waals surface area contributed by atoms with E-state index in [4.69, 9.17) is 5.73 Å². The molecule has 2 heterocycles. The molecule has 26 heavy (non-hydrogen) atoms. The van der Waals surface area contributed by atoms with E-state index >= 15 is 0 Å². The molecule has 1 aromatic heterocycles. The Morgan fingerprint density at radius 1 is 1.15 bits per heavy atom. The fraction of sp³-hybridized carbons (Fsp3) is 0.316. The number of anilines is 1. The molecule has 0 unspecified atom stereocenters. The van der Waals surface area contributed by atoms with Crippen molar-refractivity contribution in [2.45, 2.75) is 24.3 Å². The minimum Gasteiger partial charge on any atom is -0.399 e. The molecule has 3 N–H and O–H groups in total. The van der Waals surface area contributed by atoms with Gasteiger partial charge in [0.2, 0.25) is 0 Å². The molecule has 0 spiro atoms. The number of nitrogens with two attached hydrogens (primary N) is 1. The number of benzene rings is 2. The lowest BCUT2D eigenvalue weighted by Crippen LogP contribution is -2.18. The monoisotopic (exact) mass is 376 g/mol. The molecule has 3 aromatic rings. The van der Waals surface area contributed by atoms with Gasteiger partial charge in [-0.1, -0.05) is 12.1 Å². The van der Waals surface area contributed by atoms with Gasteiger partial charge in [-0.15, -0.1) is 0 Å². The molecule has 0 bridgehead atoms. The second-order valence-corrected chi connectivity index (χ2v) is 8.63. The zero-order valence-electron chi connectivity index (χ0n) is 14.9. The van der Waals surface area contributed by atoms with Crippen LogP contribution >= 0.6 is 0 Å². The first-order chi connectivity index (χ1) is 12.4. The van der Waals surface area contributed by atoms with Crippen molar-refractivity contribution in [3.8, 4) is 0 Å². The summed E-state index contributed by atoms with van der Waals surface area (Å²) in [4.78, 5) is 2.80. The molecule has 0 amide bonds. The summed E-state index contributed by atoms with van der Waals surface area (Å²) in [5, 5.41) is 7.76. The fourth-order valence-electron chi connectivity index (χ4n) is 3.00. The number of rotatable bonds is 3. The number of H-pyrrole nitrogens is 1. The minimum atomic E-state index is -3.06. The third-order valence-electron chi connectivity index (χ3n) is 4.42. The van der Waals surface area contributed by atoms with Crippen molar-refractivity contribution < 1.29 is 11.3 Å². The third kappa shape index (κ3) is 4.83. The van der Waals surface area contributed by atoms with Crippen molar-refractivity contribution in [3.63, 3.8) is 0 Å². The second-order valence-electron chi connectivity index (χ2n) is 6.62. The number of nitrogens with zero attached hydrogens (tertiary/aromatic N) is 2. The fourth-order valence-corrected chi connectivity index (χ4v) is 3.63. The highest BCUT2D eigenvalue weighted by Crippen LogP contribution is 2.15. The maximum absolute atomic E-state index is 11.3. The van der Waals surface area contributed by atoms with E-state index in [1.54, 1.807) is 18.3 Å². The van der Waals surface area contributed by atoms with Crippen molar-refractivity contribution in [2.24, 2.45) is 0 Å². The number of aromatic nitrogens is 2. The summed E-state index contributed by atoms with van der Waals surface area (Å²) >= 11 is 0. The van der Waals surface area contributed by atoms with Crippen LogP contribution in [0.25, 0.3) is 10.9 Å². The van der Waals surface area contributed by atoms with E-state index in [1.807, 2.05) is 30.3 Å². The molecule has 142 valence electrons. The van der Waals surface area contributed by atoms with Crippen LogP contribution in [0.4, 0.5) is 5.69 Å². The molecular formula is C19H28N4O2S. The summed E-state index contributed by atoms with van der Waals surface area (Å²) in [5.74, 6) is 0. The van der Waals surface area contributed by atoms with Gasteiger partial charge in [-0.05, 0) is 61.8 Å². The van der Waals surface area contributed by atoms with Crippen LogP contribution in [-0.4, -0.2) is 42.9 Å². The minimum absolute atomic E-state index is 0. The molecular weight excluding hydrogens is 348 g/mol. The normalized spacial score (nSPS) is 15.0. The summed E-state index contributed by atoms with van der Waals surface area (Å²) in [6, 6.07) is 12.9. The van der Waals surface area contributed by atoms with Crippen LogP contribution in [0.5, 0.6) is 0 Å². The summed E-state index contributed by atoms with van der Waals surface area (Å²) < 4.78 is 22.6. The first-order valence-corrected chi connectivity index (χ1v) is 10.5. The number of aromatic amines is 1. The molecule has 1 aliphatic heterocycles. The molecule has 0 radical (unpaired) electrons. The Hall–Kier alpha value is -2.38. The van der Waals surface area contributed by atoms with Gasteiger partial charge < -0.3 is 5.73 Å². The lowest BCUT2D eigenvalue weighted by Gasteiger charge is -2.14. The number of sulfone groups is 1. The van der Waals surface area contributed by atoms with Crippen LogP contribution < -0.4 is 5.73 Å². The molecule has 4 rings (SSSR count). The molecule has 7 heteroatoms. The summed E-state index contributed by atoms with van der Waals surface area (Å²) in [6.45, 7) is 3.26. The zero-order valence-corrected chi connectivity index (χ0v) is 15.7. The lowest BCUT2D eigenvalue weighted by molar-refractivity contribution is 0.331. The Balaban J connectivity index is 0.000000284. The van der Waals surface area contributed by atoms with Gasteiger partial charge in [0, 0.05) is 26.7 Å². The van der Waals surface area contributed by atoms with E-state index in [0.717, 1.165) is 36.2 Å². The van der Waals surface area contributed by atoms with Gasteiger partial charge in [-0.25, -0.2) is 8.42 Å². The average molecular weight is 377 g/mol. The largest absolute Gasteiger partial charge is 0.399 e. The Bertz CT molecular complexity index is 969. The number of nitrogen functional groups attached to an aromatic ring is 1.